The van der Waals surface area contributed by atoms with Gasteiger partial charge in [0.2, 0.25) is 0 Å². The van der Waals surface area contributed by atoms with Gasteiger partial charge in [-0.05, 0) is 95.8 Å². The van der Waals surface area contributed by atoms with Gasteiger partial charge in [-0.1, -0.05) is 132 Å². The van der Waals surface area contributed by atoms with E-state index in [4.69, 9.17) is 26.5 Å². The van der Waals surface area contributed by atoms with Crippen LogP contribution in [0.25, 0.3) is 66.1 Å². The quantitative estimate of drug-likeness (QED) is 0.134. The van der Waals surface area contributed by atoms with Gasteiger partial charge in [-0.25, -0.2) is 0 Å². The van der Waals surface area contributed by atoms with E-state index >= 15 is 0 Å². The molecule has 7 heteroatoms. The monoisotopic (exact) mass is 880 g/mol. The predicted octanol–water partition coefficient (Wildman–Crippen LogP) is 14.5. The number of halogens is 2. The van der Waals surface area contributed by atoms with Crippen molar-refractivity contribution in [2.75, 3.05) is 13.2 Å². The average molecular weight is 883 g/mol. The van der Waals surface area contributed by atoms with Crippen LogP contribution >= 0.6 is 17.0 Å². The van der Waals surface area contributed by atoms with Crippen molar-refractivity contribution < 1.29 is 40.5 Å². The van der Waals surface area contributed by atoms with Gasteiger partial charge in [0.1, 0.15) is 23.0 Å². The SMILES string of the molecule is Cc1ccc(OCCCOc2ccc(C)cc2-c2cccc(-c3c(C)ccc4ccccc34)c2O)c(-c2cccc(-c3c(C)ccc4ccccc34)c2O)c1.[Cl][Zr][Cl]. The Kier molecular flexibility index (Phi) is 13.2. The zero-order valence-electron chi connectivity index (χ0n) is 32.9. The Hall–Kier alpha value is -5.06. The zero-order chi connectivity index (χ0) is 40.8. The Morgan fingerprint density at radius 3 is 1.28 bits per heavy atom. The molecule has 0 fully saturated rings. The molecule has 0 atom stereocenters. The first-order valence-corrected chi connectivity index (χ1v) is 25.6. The van der Waals surface area contributed by atoms with Gasteiger partial charge in [0.05, 0.1) is 13.2 Å². The van der Waals surface area contributed by atoms with Gasteiger partial charge in [0, 0.05) is 39.8 Å². The second kappa shape index (κ2) is 18.7. The molecule has 0 aliphatic carbocycles. The van der Waals surface area contributed by atoms with Gasteiger partial charge in [0.15, 0.2) is 0 Å². The third-order valence-corrected chi connectivity index (χ3v) is 10.5. The average Bonchev–Trinajstić information content (AvgIpc) is 3.22. The Morgan fingerprint density at radius 2 is 0.845 bits per heavy atom. The maximum absolute atomic E-state index is 11.8. The number of fused-ring (bicyclic) bond motifs is 2. The Morgan fingerprint density at radius 1 is 0.448 bits per heavy atom. The van der Waals surface area contributed by atoms with Crippen molar-refractivity contribution in [3.05, 3.63) is 168 Å². The fourth-order valence-corrected chi connectivity index (χ4v) is 7.78. The summed E-state index contributed by atoms with van der Waals surface area (Å²) < 4.78 is 12.8. The van der Waals surface area contributed by atoms with Crippen LogP contribution in [0.4, 0.5) is 0 Å². The van der Waals surface area contributed by atoms with Gasteiger partial charge in [-0.3, -0.25) is 0 Å². The second-order valence-electron chi connectivity index (χ2n) is 14.5. The van der Waals surface area contributed by atoms with Crippen molar-refractivity contribution in [3.8, 4) is 67.5 Å². The van der Waals surface area contributed by atoms with E-state index in [0.717, 1.165) is 88.3 Å². The fraction of sp³-hybridized carbons (Fsp3) is 0.137. The number of aromatic hydroxyl groups is 2. The molecule has 0 saturated heterocycles. The third kappa shape index (κ3) is 8.69. The molecule has 0 aliphatic rings. The molecule has 290 valence electrons. The molecule has 0 saturated carbocycles. The molecule has 8 rings (SSSR count). The Bertz CT molecular complexity index is 2560. The van der Waals surface area contributed by atoms with Crippen molar-refractivity contribution in [2.24, 2.45) is 0 Å². The van der Waals surface area contributed by atoms with E-state index in [1.165, 1.54) is 0 Å². The zero-order valence-corrected chi connectivity index (χ0v) is 36.9. The number of aryl methyl sites for hydroxylation is 4. The molecule has 0 aliphatic heterocycles. The van der Waals surface area contributed by atoms with Crippen LogP contribution < -0.4 is 9.47 Å². The van der Waals surface area contributed by atoms with E-state index in [1.54, 1.807) is 0 Å². The normalized spacial score (nSPS) is 10.9. The van der Waals surface area contributed by atoms with Crippen molar-refractivity contribution in [1.82, 2.24) is 0 Å². The van der Waals surface area contributed by atoms with Gasteiger partial charge >= 0.3 is 37.9 Å². The summed E-state index contributed by atoms with van der Waals surface area (Å²) in [7, 11) is 9.87. The molecule has 8 aromatic carbocycles. The molecular weight excluding hydrogens is 839 g/mol. The maximum atomic E-state index is 11.8. The number of phenolic OH excluding ortho intramolecular Hbond substituents is 2. The number of ether oxygens (including phenoxy) is 2. The summed E-state index contributed by atoms with van der Waals surface area (Å²) in [6.07, 6.45) is 0.628. The first kappa shape index (κ1) is 41.1. The molecule has 0 aromatic heterocycles. The summed E-state index contributed by atoms with van der Waals surface area (Å²) in [5, 5.41) is 28.2. The first-order valence-electron chi connectivity index (χ1n) is 19.3. The molecule has 0 spiro atoms. The summed E-state index contributed by atoms with van der Waals surface area (Å²) in [5.74, 6) is 1.87. The number of benzene rings is 8. The van der Waals surface area contributed by atoms with Crippen LogP contribution in [-0.4, -0.2) is 23.4 Å². The van der Waals surface area contributed by atoms with E-state index in [1.807, 2.05) is 98.8 Å². The molecule has 0 heterocycles. The minimum absolute atomic E-state index is 0.232. The van der Waals surface area contributed by atoms with E-state index < -0.39 is 20.8 Å². The van der Waals surface area contributed by atoms with E-state index in [0.29, 0.717) is 31.1 Å². The molecule has 0 unspecified atom stereocenters. The number of para-hydroxylation sites is 2. The Balaban J connectivity index is 0.00000166. The minimum atomic E-state index is -0.826. The topological polar surface area (TPSA) is 58.9 Å². The van der Waals surface area contributed by atoms with E-state index in [2.05, 4.69) is 74.5 Å². The molecular formula is C51H44Cl2O4Zr. The number of phenols is 2. The molecule has 0 radical (unpaired) electrons. The van der Waals surface area contributed by atoms with Crippen LogP contribution in [0.2, 0.25) is 0 Å². The van der Waals surface area contributed by atoms with Gasteiger partial charge in [-0.15, -0.1) is 0 Å². The molecule has 2 N–H and O–H groups in total. The van der Waals surface area contributed by atoms with Crippen LogP contribution in [0.3, 0.4) is 0 Å². The molecule has 8 aromatic rings. The van der Waals surface area contributed by atoms with E-state index in [-0.39, 0.29) is 11.5 Å². The van der Waals surface area contributed by atoms with Crippen LogP contribution in [0.15, 0.2) is 146 Å². The van der Waals surface area contributed by atoms with Gasteiger partial charge in [0.25, 0.3) is 0 Å². The number of hydrogen-bond donors (Lipinski definition) is 2. The van der Waals surface area contributed by atoms with Crippen molar-refractivity contribution in [1.29, 1.82) is 0 Å². The summed E-state index contributed by atoms with van der Waals surface area (Å²) in [6, 6.07) is 49.1. The standard InChI is InChI=1S/C51H44O4.2ClH.Zr/c1-32-20-26-46(44(30-32)40-16-9-18-42(50(40)52)48-34(3)22-24-36-12-5-7-14-38(36)48)54-28-11-29-55-47-27-21-33(2)31-45(47)41-17-10-19-43(51(41)53)49-35(4)23-25-37-13-6-8-15-39(37)49;;;/h5-10,12-27,30-31,52-53H,11,28-29H2,1-4H3;2*1H;/q;;;+2/p-2. The molecule has 0 amide bonds. The summed E-state index contributed by atoms with van der Waals surface area (Å²) >= 11 is -0.826. The predicted molar refractivity (Wildman–Crippen MR) is 239 cm³/mol. The van der Waals surface area contributed by atoms with Crippen molar-refractivity contribution in [2.45, 2.75) is 34.1 Å². The molecule has 0 bridgehead atoms. The number of rotatable bonds is 10. The Labute approximate surface area is 359 Å². The molecule has 4 nitrogen and oxygen atoms in total. The van der Waals surface area contributed by atoms with Crippen LogP contribution in [0.5, 0.6) is 23.0 Å². The summed E-state index contributed by atoms with van der Waals surface area (Å²) in [6.45, 7) is 9.11. The van der Waals surface area contributed by atoms with Crippen LogP contribution in [0, 0.1) is 27.7 Å². The van der Waals surface area contributed by atoms with Crippen molar-refractivity contribution >= 4 is 38.6 Å². The summed E-state index contributed by atoms with van der Waals surface area (Å²) in [5.41, 5.74) is 11.2. The second-order valence-corrected chi connectivity index (χ2v) is 18.2. The van der Waals surface area contributed by atoms with Gasteiger partial charge in [-0.2, -0.15) is 0 Å². The van der Waals surface area contributed by atoms with E-state index in [9.17, 15) is 10.2 Å². The van der Waals surface area contributed by atoms with Crippen molar-refractivity contribution in [3.63, 3.8) is 0 Å². The molecule has 58 heavy (non-hydrogen) atoms. The number of hydrogen-bond acceptors (Lipinski definition) is 4. The fourth-order valence-electron chi connectivity index (χ4n) is 7.78. The van der Waals surface area contributed by atoms with Gasteiger partial charge < -0.3 is 19.7 Å². The summed E-state index contributed by atoms with van der Waals surface area (Å²) in [4.78, 5) is 0. The third-order valence-electron chi connectivity index (χ3n) is 10.5. The van der Waals surface area contributed by atoms with Crippen LogP contribution in [-0.2, 0) is 20.8 Å². The van der Waals surface area contributed by atoms with Crippen LogP contribution in [0.1, 0.15) is 28.7 Å². The first-order chi connectivity index (χ1) is 28.2.